The van der Waals surface area contributed by atoms with Crippen LogP contribution in [0, 0.1) is 13.8 Å². The van der Waals surface area contributed by atoms with Gasteiger partial charge in [0.2, 0.25) is 5.88 Å². The fourth-order valence-electron chi connectivity index (χ4n) is 1.40. The Morgan fingerprint density at radius 3 is 2.59 bits per heavy atom. The third-order valence-electron chi connectivity index (χ3n) is 2.52. The van der Waals surface area contributed by atoms with Gasteiger partial charge in [0, 0.05) is 0 Å². The van der Waals surface area contributed by atoms with Gasteiger partial charge < -0.3 is 10.5 Å². The highest BCUT2D eigenvalue weighted by molar-refractivity contribution is 6.32. The zero-order chi connectivity index (χ0) is 12.4. The number of anilines is 1. The highest BCUT2D eigenvalue weighted by Crippen LogP contribution is 2.29. The first kappa shape index (κ1) is 11.7. The van der Waals surface area contributed by atoms with Crippen LogP contribution in [0.1, 0.15) is 11.1 Å². The highest BCUT2D eigenvalue weighted by atomic mass is 35.5. The van der Waals surface area contributed by atoms with E-state index in [2.05, 4.69) is 4.98 Å². The number of benzene rings is 1. The molecule has 0 saturated heterocycles. The number of hydrogen-bond donors (Lipinski definition) is 1. The SMILES string of the molecule is Cc1ccc(Oc2ncc(N)cc2Cl)cc1C. The number of rotatable bonds is 2. The van der Waals surface area contributed by atoms with Crippen molar-refractivity contribution in [3.05, 3.63) is 46.6 Å². The van der Waals surface area contributed by atoms with Gasteiger partial charge in [-0.2, -0.15) is 0 Å². The smallest absolute Gasteiger partial charge is 0.238 e. The molecule has 0 fully saturated rings. The topological polar surface area (TPSA) is 48.1 Å². The predicted molar refractivity (Wildman–Crippen MR) is 69.6 cm³/mol. The second kappa shape index (κ2) is 4.63. The lowest BCUT2D eigenvalue weighted by Crippen LogP contribution is -1.92. The van der Waals surface area contributed by atoms with Crippen LogP contribution in [-0.2, 0) is 0 Å². The Balaban J connectivity index is 2.28. The maximum atomic E-state index is 5.98. The number of pyridine rings is 1. The first-order valence-electron chi connectivity index (χ1n) is 5.22. The Hall–Kier alpha value is -1.74. The quantitative estimate of drug-likeness (QED) is 0.881. The number of halogens is 1. The van der Waals surface area contributed by atoms with E-state index < -0.39 is 0 Å². The predicted octanol–water partition coefficient (Wildman–Crippen LogP) is 3.73. The average Bonchev–Trinajstić information content (AvgIpc) is 2.27. The summed E-state index contributed by atoms with van der Waals surface area (Å²) in [5, 5.41) is 0.406. The first-order chi connectivity index (χ1) is 8.06. The molecule has 0 saturated carbocycles. The van der Waals surface area contributed by atoms with E-state index in [1.165, 1.54) is 11.8 Å². The van der Waals surface area contributed by atoms with Gasteiger partial charge >= 0.3 is 0 Å². The molecule has 1 aromatic heterocycles. The van der Waals surface area contributed by atoms with E-state index in [0.717, 1.165) is 5.56 Å². The Kier molecular flexibility index (Phi) is 3.20. The van der Waals surface area contributed by atoms with E-state index in [4.69, 9.17) is 22.1 Å². The Labute approximate surface area is 105 Å². The van der Waals surface area contributed by atoms with Crippen molar-refractivity contribution in [1.29, 1.82) is 0 Å². The molecule has 0 atom stereocenters. The van der Waals surface area contributed by atoms with Gasteiger partial charge in [-0.1, -0.05) is 17.7 Å². The maximum Gasteiger partial charge on any atom is 0.238 e. The molecule has 1 aromatic carbocycles. The van der Waals surface area contributed by atoms with Crippen LogP contribution < -0.4 is 10.5 Å². The Morgan fingerprint density at radius 1 is 1.18 bits per heavy atom. The van der Waals surface area contributed by atoms with Crippen LogP contribution in [0.25, 0.3) is 0 Å². The van der Waals surface area contributed by atoms with Gasteiger partial charge in [-0.05, 0) is 43.2 Å². The van der Waals surface area contributed by atoms with Gasteiger partial charge in [0.25, 0.3) is 0 Å². The van der Waals surface area contributed by atoms with Crippen molar-refractivity contribution in [1.82, 2.24) is 4.98 Å². The van der Waals surface area contributed by atoms with Crippen molar-refractivity contribution in [3.8, 4) is 11.6 Å². The number of nitrogen functional groups attached to an aromatic ring is 1. The lowest BCUT2D eigenvalue weighted by molar-refractivity contribution is 0.463. The lowest BCUT2D eigenvalue weighted by Gasteiger charge is -2.08. The van der Waals surface area contributed by atoms with Crippen LogP contribution in [0.2, 0.25) is 5.02 Å². The molecule has 2 rings (SSSR count). The molecule has 0 aliphatic carbocycles. The number of nitrogens with zero attached hydrogens (tertiary/aromatic N) is 1. The third kappa shape index (κ3) is 2.68. The van der Waals surface area contributed by atoms with Gasteiger partial charge in [0.15, 0.2) is 0 Å². The fourth-order valence-corrected chi connectivity index (χ4v) is 1.62. The Bertz CT molecular complexity index is 555. The zero-order valence-corrected chi connectivity index (χ0v) is 10.5. The number of nitrogens with two attached hydrogens (primary N) is 1. The van der Waals surface area contributed by atoms with Crippen molar-refractivity contribution in [2.24, 2.45) is 0 Å². The molecule has 0 bridgehead atoms. The van der Waals surface area contributed by atoms with Gasteiger partial charge in [-0.15, -0.1) is 0 Å². The minimum atomic E-state index is 0.365. The maximum absolute atomic E-state index is 5.98. The molecule has 1 heterocycles. The first-order valence-corrected chi connectivity index (χ1v) is 5.60. The molecule has 0 aliphatic rings. The van der Waals surface area contributed by atoms with Crippen LogP contribution in [0.15, 0.2) is 30.5 Å². The summed E-state index contributed by atoms with van der Waals surface area (Å²) in [6.07, 6.45) is 1.52. The number of aryl methyl sites for hydroxylation is 2. The second-order valence-corrected chi connectivity index (χ2v) is 4.31. The summed E-state index contributed by atoms with van der Waals surface area (Å²) in [6, 6.07) is 7.45. The van der Waals surface area contributed by atoms with Crippen molar-refractivity contribution in [2.75, 3.05) is 5.73 Å². The second-order valence-electron chi connectivity index (χ2n) is 3.90. The van der Waals surface area contributed by atoms with E-state index >= 15 is 0 Å². The lowest BCUT2D eigenvalue weighted by atomic mass is 10.1. The molecule has 0 amide bonds. The summed E-state index contributed by atoms with van der Waals surface area (Å²) in [7, 11) is 0. The molecule has 0 radical (unpaired) electrons. The minimum Gasteiger partial charge on any atom is -0.438 e. The highest BCUT2D eigenvalue weighted by Gasteiger charge is 2.05. The number of aromatic nitrogens is 1. The van der Waals surface area contributed by atoms with Crippen LogP contribution >= 0.6 is 11.6 Å². The summed E-state index contributed by atoms with van der Waals surface area (Å²) >= 11 is 5.98. The number of hydrogen-bond acceptors (Lipinski definition) is 3. The van der Waals surface area contributed by atoms with Crippen molar-refractivity contribution < 1.29 is 4.74 Å². The molecule has 2 N–H and O–H groups in total. The molecule has 0 unspecified atom stereocenters. The summed E-state index contributed by atoms with van der Waals surface area (Å²) in [5.41, 5.74) is 8.46. The van der Waals surface area contributed by atoms with Gasteiger partial charge in [0.05, 0.1) is 11.9 Å². The van der Waals surface area contributed by atoms with Gasteiger partial charge in [-0.3, -0.25) is 0 Å². The van der Waals surface area contributed by atoms with E-state index in [0.29, 0.717) is 22.3 Å². The molecular formula is C13H13ClN2O. The molecular weight excluding hydrogens is 236 g/mol. The summed E-state index contributed by atoms with van der Waals surface area (Å²) in [6.45, 7) is 4.08. The fraction of sp³-hybridized carbons (Fsp3) is 0.154. The molecule has 3 nitrogen and oxygen atoms in total. The Morgan fingerprint density at radius 2 is 1.94 bits per heavy atom. The molecule has 4 heteroatoms. The van der Waals surface area contributed by atoms with E-state index in [1.54, 1.807) is 6.07 Å². The number of ether oxygens (including phenoxy) is 1. The van der Waals surface area contributed by atoms with Crippen LogP contribution in [-0.4, -0.2) is 4.98 Å². The average molecular weight is 249 g/mol. The van der Waals surface area contributed by atoms with E-state index in [-0.39, 0.29) is 0 Å². The van der Waals surface area contributed by atoms with Crippen molar-refractivity contribution in [2.45, 2.75) is 13.8 Å². The normalized spacial score (nSPS) is 10.3. The third-order valence-corrected chi connectivity index (χ3v) is 2.79. The standard InChI is InChI=1S/C13H13ClN2O/c1-8-3-4-11(5-9(8)2)17-13-12(14)6-10(15)7-16-13/h3-7H,15H2,1-2H3. The van der Waals surface area contributed by atoms with Gasteiger partial charge in [-0.25, -0.2) is 4.98 Å². The summed E-state index contributed by atoms with van der Waals surface area (Å²) in [4.78, 5) is 4.05. The summed E-state index contributed by atoms with van der Waals surface area (Å²) < 4.78 is 5.60. The molecule has 17 heavy (non-hydrogen) atoms. The van der Waals surface area contributed by atoms with Crippen LogP contribution in [0.5, 0.6) is 11.6 Å². The van der Waals surface area contributed by atoms with E-state index in [9.17, 15) is 0 Å². The molecule has 0 spiro atoms. The molecule has 88 valence electrons. The van der Waals surface area contributed by atoms with Gasteiger partial charge in [0.1, 0.15) is 10.8 Å². The monoisotopic (exact) mass is 248 g/mol. The molecule has 2 aromatic rings. The minimum absolute atomic E-state index is 0.365. The summed E-state index contributed by atoms with van der Waals surface area (Å²) in [5.74, 6) is 1.08. The van der Waals surface area contributed by atoms with Crippen molar-refractivity contribution in [3.63, 3.8) is 0 Å². The van der Waals surface area contributed by atoms with Crippen LogP contribution in [0.4, 0.5) is 5.69 Å². The zero-order valence-electron chi connectivity index (χ0n) is 9.70. The van der Waals surface area contributed by atoms with Crippen molar-refractivity contribution >= 4 is 17.3 Å². The van der Waals surface area contributed by atoms with E-state index in [1.807, 2.05) is 32.0 Å². The largest absolute Gasteiger partial charge is 0.438 e. The molecule has 0 aliphatic heterocycles. The van der Waals surface area contributed by atoms with Crippen LogP contribution in [0.3, 0.4) is 0 Å².